The van der Waals surface area contributed by atoms with Crippen molar-refractivity contribution in [2.45, 2.75) is 13.5 Å². The van der Waals surface area contributed by atoms with Crippen molar-refractivity contribution in [3.63, 3.8) is 0 Å². The highest BCUT2D eigenvalue weighted by Gasteiger charge is 1.90. The third-order valence-corrected chi connectivity index (χ3v) is 1.34. The zero-order valence-corrected chi connectivity index (χ0v) is 8.70. The van der Waals surface area contributed by atoms with Gasteiger partial charge in [-0.25, -0.2) is 0 Å². The lowest BCUT2D eigenvalue weighted by Gasteiger charge is -2.08. The van der Waals surface area contributed by atoms with Crippen molar-refractivity contribution in [3.05, 3.63) is 35.9 Å². The zero-order valence-electron chi connectivity index (χ0n) is 8.70. The van der Waals surface area contributed by atoms with Crippen LogP contribution in [0.1, 0.15) is 12.5 Å². The second-order valence-corrected chi connectivity index (χ2v) is 3.04. The van der Waals surface area contributed by atoms with Crippen LogP contribution in [-0.2, 0) is 6.54 Å². The first-order valence-electron chi connectivity index (χ1n) is 4.50. The smallest absolute Gasteiger partial charge is 0.0402 e. The predicted octanol–water partition coefficient (Wildman–Crippen LogP) is 1.75. The zero-order chi connectivity index (χ0) is 10.1. The minimum Gasteiger partial charge on any atom is -0.397 e. The molecule has 0 radical (unpaired) electrons. The largest absolute Gasteiger partial charge is 0.397 e. The Morgan fingerprint density at radius 1 is 1.15 bits per heavy atom. The Labute approximate surface area is 80.8 Å². The molecule has 0 bridgehead atoms. The first-order chi connectivity index (χ1) is 6.20. The number of benzene rings is 1. The van der Waals surface area contributed by atoms with Crippen LogP contribution in [-0.4, -0.2) is 30.7 Å². The Morgan fingerprint density at radius 2 is 1.62 bits per heavy atom. The highest BCUT2D eigenvalue weighted by atomic mass is 16.2. The van der Waals surface area contributed by atoms with Crippen LogP contribution in [0.25, 0.3) is 0 Å². The molecule has 0 unspecified atom stereocenters. The van der Waals surface area contributed by atoms with Crippen LogP contribution in [0.5, 0.6) is 0 Å². The molecule has 1 aromatic carbocycles. The maximum absolute atomic E-state index is 7.57. The van der Waals surface area contributed by atoms with Crippen molar-refractivity contribution in [3.8, 4) is 0 Å². The quantitative estimate of drug-likeness (QED) is 0.751. The molecule has 13 heavy (non-hydrogen) atoms. The summed E-state index contributed by atoms with van der Waals surface area (Å²) >= 11 is 0. The number of aliphatic hydroxyl groups is 1. The van der Waals surface area contributed by atoms with E-state index in [2.05, 4.69) is 43.3 Å². The van der Waals surface area contributed by atoms with E-state index in [-0.39, 0.29) is 6.61 Å². The molecular formula is C11H19NO. The van der Waals surface area contributed by atoms with Gasteiger partial charge in [0.15, 0.2) is 0 Å². The SMILES string of the molecule is CCO.CN(C)Cc1ccccc1. The summed E-state index contributed by atoms with van der Waals surface area (Å²) in [6.07, 6.45) is 0. The van der Waals surface area contributed by atoms with Crippen LogP contribution >= 0.6 is 0 Å². The Bertz CT molecular complexity index is 197. The topological polar surface area (TPSA) is 23.5 Å². The van der Waals surface area contributed by atoms with Gasteiger partial charge in [-0.2, -0.15) is 0 Å². The molecule has 0 amide bonds. The minimum atomic E-state index is 0.250. The fraction of sp³-hybridized carbons (Fsp3) is 0.455. The first kappa shape index (κ1) is 12.1. The number of rotatable bonds is 2. The van der Waals surface area contributed by atoms with Gasteiger partial charge in [0.1, 0.15) is 0 Å². The van der Waals surface area contributed by atoms with E-state index in [1.807, 2.05) is 6.07 Å². The fourth-order valence-electron chi connectivity index (χ4n) is 0.949. The average Bonchev–Trinajstić information content (AvgIpc) is 2.06. The van der Waals surface area contributed by atoms with Gasteiger partial charge >= 0.3 is 0 Å². The lowest BCUT2D eigenvalue weighted by molar-refractivity contribution is 0.318. The fourth-order valence-corrected chi connectivity index (χ4v) is 0.949. The van der Waals surface area contributed by atoms with Crippen molar-refractivity contribution in [2.24, 2.45) is 0 Å². The number of hydrogen-bond acceptors (Lipinski definition) is 2. The predicted molar refractivity (Wildman–Crippen MR) is 56.6 cm³/mol. The number of aliphatic hydroxyl groups excluding tert-OH is 1. The summed E-state index contributed by atoms with van der Waals surface area (Å²) in [7, 11) is 4.15. The Hall–Kier alpha value is -0.860. The molecule has 2 heteroatoms. The molecule has 0 aliphatic heterocycles. The molecule has 0 saturated heterocycles. The molecule has 1 rings (SSSR count). The molecule has 0 aliphatic carbocycles. The van der Waals surface area contributed by atoms with Crippen LogP contribution in [0.3, 0.4) is 0 Å². The molecule has 1 aromatic rings. The maximum Gasteiger partial charge on any atom is 0.0402 e. The molecular weight excluding hydrogens is 162 g/mol. The van der Waals surface area contributed by atoms with Crippen LogP contribution in [0.2, 0.25) is 0 Å². The Kier molecular flexibility index (Phi) is 7.26. The molecule has 0 aromatic heterocycles. The molecule has 2 nitrogen and oxygen atoms in total. The van der Waals surface area contributed by atoms with E-state index >= 15 is 0 Å². The van der Waals surface area contributed by atoms with E-state index < -0.39 is 0 Å². The van der Waals surface area contributed by atoms with E-state index in [0.717, 1.165) is 6.54 Å². The van der Waals surface area contributed by atoms with Crippen molar-refractivity contribution < 1.29 is 5.11 Å². The first-order valence-corrected chi connectivity index (χ1v) is 4.50. The van der Waals surface area contributed by atoms with E-state index in [1.54, 1.807) is 6.92 Å². The second-order valence-electron chi connectivity index (χ2n) is 3.04. The molecule has 0 spiro atoms. The summed E-state index contributed by atoms with van der Waals surface area (Å²) in [6.45, 7) is 2.96. The molecule has 1 N–H and O–H groups in total. The maximum atomic E-state index is 7.57. The molecule has 0 fully saturated rings. The van der Waals surface area contributed by atoms with Crippen LogP contribution in [0, 0.1) is 0 Å². The molecule has 0 heterocycles. The summed E-state index contributed by atoms with van der Waals surface area (Å²) in [5.74, 6) is 0. The van der Waals surface area contributed by atoms with E-state index in [9.17, 15) is 0 Å². The van der Waals surface area contributed by atoms with Crippen molar-refractivity contribution in [1.29, 1.82) is 0 Å². The Balaban J connectivity index is 0.000000424. The van der Waals surface area contributed by atoms with Crippen molar-refractivity contribution >= 4 is 0 Å². The van der Waals surface area contributed by atoms with E-state index in [0.29, 0.717) is 0 Å². The normalized spacial score (nSPS) is 9.31. The highest BCUT2D eigenvalue weighted by Crippen LogP contribution is 1.99. The van der Waals surface area contributed by atoms with Gasteiger partial charge in [0.25, 0.3) is 0 Å². The second kappa shape index (κ2) is 7.77. The summed E-state index contributed by atoms with van der Waals surface area (Å²) in [6, 6.07) is 10.5. The van der Waals surface area contributed by atoms with Crippen molar-refractivity contribution in [2.75, 3.05) is 20.7 Å². The third-order valence-electron chi connectivity index (χ3n) is 1.34. The van der Waals surface area contributed by atoms with E-state index in [1.165, 1.54) is 5.56 Å². The van der Waals surface area contributed by atoms with Crippen LogP contribution < -0.4 is 0 Å². The van der Waals surface area contributed by atoms with Crippen molar-refractivity contribution in [1.82, 2.24) is 4.90 Å². The highest BCUT2D eigenvalue weighted by molar-refractivity contribution is 5.14. The molecule has 0 saturated carbocycles. The standard InChI is InChI=1S/C9H13N.C2H6O/c1-10(2)8-9-6-4-3-5-7-9;1-2-3/h3-7H,8H2,1-2H3;3H,2H2,1H3. The lowest BCUT2D eigenvalue weighted by Crippen LogP contribution is -2.10. The Morgan fingerprint density at radius 3 is 2.00 bits per heavy atom. The number of nitrogens with zero attached hydrogens (tertiary/aromatic N) is 1. The minimum absolute atomic E-state index is 0.250. The van der Waals surface area contributed by atoms with Crippen LogP contribution in [0.15, 0.2) is 30.3 Å². The van der Waals surface area contributed by atoms with Gasteiger partial charge in [0.2, 0.25) is 0 Å². The monoisotopic (exact) mass is 181 g/mol. The average molecular weight is 181 g/mol. The summed E-state index contributed by atoms with van der Waals surface area (Å²) in [4.78, 5) is 2.16. The number of hydrogen-bond donors (Lipinski definition) is 1. The van der Waals surface area contributed by atoms with Gasteiger partial charge in [-0.05, 0) is 26.6 Å². The van der Waals surface area contributed by atoms with Gasteiger partial charge in [0, 0.05) is 13.2 Å². The van der Waals surface area contributed by atoms with E-state index in [4.69, 9.17) is 5.11 Å². The van der Waals surface area contributed by atoms with Gasteiger partial charge in [-0.15, -0.1) is 0 Å². The van der Waals surface area contributed by atoms with Crippen LogP contribution in [0.4, 0.5) is 0 Å². The summed E-state index contributed by atoms with van der Waals surface area (Å²) in [5, 5.41) is 7.57. The summed E-state index contributed by atoms with van der Waals surface area (Å²) < 4.78 is 0. The van der Waals surface area contributed by atoms with Gasteiger partial charge in [0.05, 0.1) is 0 Å². The lowest BCUT2D eigenvalue weighted by atomic mass is 10.2. The summed E-state index contributed by atoms with van der Waals surface area (Å²) in [5.41, 5.74) is 1.37. The van der Waals surface area contributed by atoms with Gasteiger partial charge in [-0.1, -0.05) is 30.3 Å². The molecule has 0 aliphatic rings. The van der Waals surface area contributed by atoms with Gasteiger partial charge in [-0.3, -0.25) is 0 Å². The van der Waals surface area contributed by atoms with Gasteiger partial charge < -0.3 is 10.0 Å². The molecule has 74 valence electrons. The third kappa shape index (κ3) is 7.50. The molecule has 0 atom stereocenters.